The Balaban J connectivity index is 1.52. The highest BCUT2D eigenvalue weighted by atomic mass is 32.1. The second-order valence-corrected chi connectivity index (χ2v) is 9.37. The Morgan fingerprint density at radius 1 is 1.32 bits per heavy atom. The average Bonchev–Trinajstić information content (AvgIpc) is 3.56. The van der Waals surface area contributed by atoms with Gasteiger partial charge >= 0.3 is 0 Å². The van der Waals surface area contributed by atoms with Crippen LogP contribution in [0.4, 0.5) is 0 Å². The molecular formula is C24H23N5O4S. The van der Waals surface area contributed by atoms with E-state index in [1.807, 2.05) is 46.8 Å². The average molecular weight is 478 g/mol. The smallest absolute Gasteiger partial charge is 0.272 e. The molecule has 0 spiro atoms. The van der Waals surface area contributed by atoms with Crippen LogP contribution < -0.4 is 14.8 Å². The predicted octanol–water partition coefficient (Wildman–Crippen LogP) is 3.45. The molecule has 10 heteroatoms. The molecule has 9 nitrogen and oxygen atoms in total. The molecule has 1 saturated carbocycles. The number of ether oxygens (including phenoxy) is 2. The molecule has 1 fully saturated rings. The monoisotopic (exact) mass is 477 g/mol. The maximum absolute atomic E-state index is 13.2. The van der Waals surface area contributed by atoms with Gasteiger partial charge < -0.3 is 19.9 Å². The summed E-state index contributed by atoms with van der Waals surface area (Å²) in [6, 6.07) is 5.82. The number of hydrogen-bond donors (Lipinski definition) is 3. The highest BCUT2D eigenvalue weighted by molar-refractivity contribution is 7.08. The van der Waals surface area contributed by atoms with E-state index in [-0.39, 0.29) is 24.7 Å². The van der Waals surface area contributed by atoms with E-state index in [4.69, 9.17) is 14.6 Å². The third kappa shape index (κ3) is 3.29. The second-order valence-electron chi connectivity index (χ2n) is 8.59. The SMILES string of the molecule is COc1cc2c(cc1-c1c[nH]nc1C)-c1c(c(C(=O)NC3CC(O)C3)nn1-c1ccsc1)CO2. The van der Waals surface area contributed by atoms with Crippen molar-refractivity contribution in [2.24, 2.45) is 0 Å². The van der Waals surface area contributed by atoms with Gasteiger partial charge in [-0.25, -0.2) is 4.68 Å². The molecule has 4 heterocycles. The zero-order valence-corrected chi connectivity index (χ0v) is 19.5. The molecule has 2 aliphatic rings. The number of carbonyl (C=O) groups is 1. The molecule has 4 aromatic rings. The maximum atomic E-state index is 13.2. The Bertz CT molecular complexity index is 1380. The lowest BCUT2D eigenvalue weighted by Gasteiger charge is -2.31. The van der Waals surface area contributed by atoms with Crippen LogP contribution in [0.5, 0.6) is 11.5 Å². The molecule has 1 aliphatic heterocycles. The number of amides is 1. The Morgan fingerprint density at radius 2 is 2.18 bits per heavy atom. The first kappa shape index (κ1) is 20.9. The van der Waals surface area contributed by atoms with E-state index < -0.39 is 0 Å². The molecule has 0 atom stereocenters. The number of nitrogens with zero attached hydrogens (tertiary/aromatic N) is 3. The first-order chi connectivity index (χ1) is 16.5. The van der Waals surface area contributed by atoms with Gasteiger partial charge in [0.2, 0.25) is 0 Å². The molecule has 0 saturated heterocycles. The van der Waals surface area contributed by atoms with Gasteiger partial charge in [-0.2, -0.15) is 21.5 Å². The number of rotatable bonds is 5. The van der Waals surface area contributed by atoms with Crippen molar-refractivity contribution in [1.29, 1.82) is 0 Å². The van der Waals surface area contributed by atoms with Crippen LogP contribution in [0, 0.1) is 6.92 Å². The number of aromatic amines is 1. The van der Waals surface area contributed by atoms with Crippen molar-refractivity contribution in [3.05, 3.63) is 52.1 Å². The number of methoxy groups -OCH3 is 1. The fraction of sp³-hybridized carbons (Fsp3) is 0.292. The van der Waals surface area contributed by atoms with Crippen LogP contribution in [0.1, 0.15) is 34.6 Å². The Kier molecular flexibility index (Phi) is 4.93. The standard InChI is InChI=1S/C24H23N5O4S/c1-12-18(9-25-27-12)16-7-17-21(8-20(16)32-2)33-10-19-22(24(31)26-13-5-15(30)6-13)28-29(23(17)19)14-3-4-34-11-14/h3-4,7-9,11,13,15,30H,5-6,10H2,1-2H3,(H,25,27)(H,26,31). The number of H-pyrrole nitrogens is 1. The van der Waals surface area contributed by atoms with Gasteiger partial charge in [-0.15, -0.1) is 0 Å². The van der Waals surface area contributed by atoms with Gasteiger partial charge in [-0.3, -0.25) is 9.89 Å². The van der Waals surface area contributed by atoms with Gasteiger partial charge in [0, 0.05) is 45.9 Å². The van der Waals surface area contributed by atoms with E-state index in [0.717, 1.165) is 39.3 Å². The first-order valence-corrected chi connectivity index (χ1v) is 12.0. The number of benzene rings is 1. The fourth-order valence-electron chi connectivity index (χ4n) is 4.60. The quantitative estimate of drug-likeness (QED) is 0.406. The largest absolute Gasteiger partial charge is 0.496 e. The van der Waals surface area contributed by atoms with Crippen LogP contribution in [0.25, 0.3) is 28.1 Å². The summed E-state index contributed by atoms with van der Waals surface area (Å²) in [5.74, 6) is 1.09. The van der Waals surface area contributed by atoms with Crippen molar-refractivity contribution in [2.75, 3.05) is 7.11 Å². The lowest BCUT2D eigenvalue weighted by atomic mass is 9.89. The predicted molar refractivity (Wildman–Crippen MR) is 127 cm³/mol. The Labute approximate surface area is 199 Å². The molecule has 1 aromatic carbocycles. The highest BCUT2D eigenvalue weighted by Crippen LogP contribution is 2.46. The van der Waals surface area contributed by atoms with Gasteiger partial charge in [-0.05, 0) is 37.3 Å². The van der Waals surface area contributed by atoms with Gasteiger partial charge in [0.25, 0.3) is 5.91 Å². The van der Waals surface area contributed by atoms with Crippen LogP contribution in [0.2, 0.25) is 0 Å². The number of nitrogens with one attached hydrogen (secondary N) is 2. The summed E-state index contributed by atoms with van der Waals surface area (Å²) in [6.07, 6.45) is 2.61. The van der Waals surface area contributed by atoms with Crippen molar-refractivity contribution in [1.82, 2.24) is 25.3 Å². The minimum atomic E-state index is -0.349. The summed E-state index contributed by atoms with van der Waals surface area (Å²) in [6.45, 7) is 2.15. The zero-order valence-electron chi connectivity index (χ0n) is 18.7. The van der Waals surface area contributed by atoms with E-state index in [1.165, 1.54) is 0 Å². The Hall–Kier alpha value is -3.63. The molecule has 1 aliphatic carbocycles. The summed E-state index contributed by atoms with van der Waals surface area (Å²) in [4.78, 5) is 13.2. The number of aryl methyl sites for hydroxylation is 1. The molecule has 1 amide bonds. The van der Waals surface area contributed by atoms with Crippen molar-refractivity contribution < 1.29 is 19.4 Å². The topological polar surface area (TPSA) is 114 Å². The second kappa shape index (κ2) is 8.00. The summed E-state index contributed by atoms with van der Waals surface area (Å²) in [5.41, 5.74) is 6.25. The number of aromatic nitrogens is 4. The number of carbonyl (C=O) groups excluding carboxylic acids is 1. The van der Waals surface area contributed by atoms with E-state index in [2.05, 4.69) is 15.5 Å². The third-order valence-corrected chi connectivity index (χ3v) is 7.12. The molecule has 3 N–H and O–H groups in total. The molecule has 34 heavy (non-hydrogen) atoms. The summed E-state index contributed by atoms with van der Waals surface area (Å²) in [7, 11) is 1.63. The van der Waals surface area contributed by atoms with Gasteiger partial charge in [0.15, 0.2) is 5.69 Å². The van der Waals surface area contributed by atoms with Crippen LogP contribution in [-0.4, -0.2) is 50.2 Å². The lowest BCUT2D eigenvalue weighted by molar-refractivity contribution is 0.0559. The zero-order chi connectivity index (χ0) is 23.4. The lowest BCUT2D eigenvalue weighted by Crippen LogP contribution is -2.47. The number of fused-ring (bicyclic) bond motifs is 3. The molecule has 174 valence electrons. The number of aliphatic hydroxyl groups is 1. The van der Waals surface area contributed by atoms with Gasteiger partial charge in [0.05, 0.1) is 30.3 Å². The number of thiophene rings is 1. The van der Waals surface area contributed by atoms with E-state index >= 15 is 0 Å². The molecule has 3 aromatic heterocycles. The normalized spacial score (nSPS) is 18.4. The van der Waals surface area contributed by atoms with E-state index in [0.29, 0.717) is 30.0 Å². The fourth-order valence-corrected chi connectivity index (χ4v) is 5.21. The van der Waals surface area contributed by atoms with Crippen molar-refractivity contribution in [3.8, 4) is 39.6 Å². The molecular weight excluding hydrogens is 454 g/mol. The van der Waals surface area contributed by atoms with E-state index in [1.54, 1.807) is 18.4 Å². The number of aliphatic hydroxyl groups excluding tert-OH is 1. The van der Waals surface area contributed by atoms with Gasteiger partial charge in [-0.1, -0.05) is 0 Å². The van der Waals surface area contributed by atoms with E-state index in [9.17, 15) is 9.90 Å². The van der Waals surface area contributed by atoms with Crippen LogP contribution in [-0.2, 0) is 6.61 Å². The van der Waals surface area contributed by atoms with Crippen LogP contribution in [0.15, 0.2) is 35.2 Å². The molecule has 0 radical (unpaired) electrons. The van der Waals surface area contributed by atoms with Gasteiger partial charge in [0.1, 0.15) is 18.1 Å². The Morgan fingerprint density at radius 3 is 2.85 bits per heavy atom. The number of hydrogen-bond acceptors (Lipinski definition) is 7. The summed E-state index contributed by atoms with van der Waals surface area (Å²) < 4.78 is 13.6. The molecule has 0 bridgehead atoms. The summed E-state index contributed by atoms with van der Waals surface area (Å²) >= 11 is 1.56. The minimum Gasteiger partial charge on any atom is -0.496 e. The third-order valence-electron chi connectivity index (χ3n) is 6.45. The summed E-state index contributed by atoms with van der Waals surface area (Å²) in [5, 5.41) is 28.5. The van der Waals surface area contributed by atoms with Crippen molar-refractivity contribution >= 4 is 17.2 Å². The first-order valence-electron chi connectivity index (χ1n) is 11.0. The minimum absolute atomic E-state index is 0.0406. The maximum Gasteiger partial charge on any atom is 0.272 e. The van der Waals surface area contributed by atoms with Crippen LogP contribution in [0.3, 0.4) is 0 Å². The molecule has 0 unspecified atom stereocenters. The van der Waals surface area contributed by atoms with Crippen molar-refractivity contribution in [2.45, 2.75) is 38.5 Å². The van der Waals surface area contributed by atoms with Crippen LogP contribution >= 0.6 is 11.3 Å². The van der Waals surface area contributed by atoms with Crippen molar-refractivity contribution in [3.63, 3.8) is 0 Å². The highest BCUT2D eigenvalue weighted by Gasteiger charge is 2.34. The molecule has 6 rings (SSSR count).